The van der Waals surface area contributed by atoms with Crippen LogP contribution in [-0.4, -0.2) is 81.4 Å². The number of amides is 2. The third kappa shape index (κ3) is 2.71. The first-order valence-corrected chi connectivity index (χ1v) is 9.51. The van der Waals surface area contributed by atoms with Gasteiger partial charge in [-0.3, -0.25) is 14.5 Å². The first-order valence-electron chi connectivity index (χ1n) is 8.67. The zero-order valence-electron chi connectivity index (χ0n) is 14.0. The van der Waals surface area contributed by atoms with E-state index in [1.54, 1.807) is 5.38 Å². The van der Waals surface area contributed by atoms with Crippen LogP contribution in [0.4, 0.5) is 0 Å². The maximum atomic E-state index is 13.1. The van der Waals surface area contributed by atoms with E-state index in [1.807, 2.05) is 11.9 Å². The van der Waals surface area contributed by atoms with Crippen LogP contribution in [0.1, 0.15) is 36.2 Å². The van der Waals surface area contributed by atoms with Crippen molar-refractivity contribution in [1.29, 1.82) is 0 Å². The number of piperidine rings is 1. The van der Waals surface area contributed by atoms with Crippen LogP contribution in [0, 0.1) is 5.92 Å². The summed E-state index contributed by atoms with van der Waals surface area (Å²) >= 11 is 1.19. The fraction of sp³-hybridized carbons (Fsp3) is 0.750. The minimum absolute atomic E-state index is 0.0700. The van der Waals surface area contributed by atoms with Crippen molar-refractivity contribution in [3.63, 3.8) is 0 Å². The predicted molar refractivity (Wildman–Crippen MR) is 89.7 cm³/mol. The monoisotopic (exact) mass is 349 g/mol. The van der Waals surface area contributed by atoms with Gasteiger partial charge in [-0.25, -0.2) is 0 Å². The molecule has 0 bridgehead atoms. The lowest BCUT2D eigenvalue weighted by atomic mass is 9.82. The third-order valence-corrected chi connectivity index (χ3v) is 6.26. The van der Waals surface area contributed by atoms with Gasteiger partial charge in [0, 0.05) is 38.1 Å². The summed E-state index contributed by atoms with van der Waals surface area (Å²) in [7, 11) is 2.05. The number of piperazine rings is 1. The highest BCUT2D eigenvalue weighted by Gasteiger charge is 2.50. The lowest BCUT2D eigenvalue weighted by Gasteiger charge is -2.51. The van der Waals surface area contributed by atoms with Crippen molar-refractivity contribution < 1.29 is 9.59 Å². The molecule has 2 aliphatic heterocycles. The van der Waals surface area contributed by atoms with Gasteiger partial charge in [0.15, 0.2) is 5.69 Å². The van der Waals surface area contributed by atoms with Crippen molar-refractivity contribution in [3.05, 3.63) is 11.1 Å². The summed E-state index contributed by atoms with van der Waals surface area (Å²) in [6, 6.07) is 0. The van der Waals surface area contributed by atoms with Gasteiger partial charge in [0.05, 0.1) is 0 Å². The van der Waals surface area contributed by atoms with Crippen molar-refractivity contribution in [2.75, 3.05) is 39.8 Å². The van der Waals surface area contributed by atoms with E-state index >= 15 is 0 Å². The SMILES string of the molecule is CN1CCN(CC2CC2)C(=O)C12CCN(C(=O)c1csnn1)CC2. The van der Waals surface area contributed by atoms with Crippen LogP contribution in [0.5, 0.6) is 0 Å². The summed E-state index contributed by atoms with van der Waals surface area (Å²) in [5.74, 6) is 0.915. The highest BCUT2D eigenvalue weighted by molar-refractivity contribution is 7.03. The van der Waals surface area contributed by atoms with E-state index in [1.165, 1.54) is 24.4 Å². The Bertz CT molecular complexity index is 622. The highest BCUT2D eigenvalue weighted by atomic mass is 32.1. The fourth-order valence-electron chi connectivity index (χ4n) is 3.93. The summed E-state index contributed by atoms with van der Waals surface area (Å²) in [6.07, 6.45) is 3.92. The Morgan fingerprint density at radius 1 is 1.29 bits per heavy atom. The highest BCUT2D eigenvalue weighted by Crippen LogP contribution is 2.36. The van der Waals surface area contributed by atoms with Gasteiger partial charge in [0.2, 0.25) is 5.91 Å². The molecule has 2 saturated heterocycles. The molecule has 24 heavy (non-hydrogen) atoms. The molecule has 0 atom stereocenters. The molecule has 3 heterocycles. The van der Waals surface area contributed by atoms with Crippen molar-refractivity contribution in [2.24, 2.45) is 5.92 Å². The van der Waals surface area contributed by atoms with Gasteiger partial charge < -0.3 is 9.80 Å². The number of likely N-dealkylation sites (tertiary alicyclic amines) is 1. The van der Waals surface area contributed by atoms with Gasteiger partial charge in [0.25, 0.3) is 5.91 Å². The van der Waals surface area contributed by atoms with Crippen molar-refractivity contribution in [3.8, 4) is 0 Å². The Morgan fingerprint density at radius 2 is 2.04 bits per heavy atom. The molecule has 0 aromatic carbocycles. The second-order valence-corrected chi connectivity index (χ2v) is 7.84. The Kier molecular flexibility index (Phi) is 4.04. The van der Waals surface area contributed by atoms with E-state index in [2.05, 4.69) is 19.4 Å². The Morgan fingerprint density at radius 3 is 2.67 bits per heavy atom. The molecule has 130 valence electrons. The van der Waals surface area contributed by atoms with Gasteiger partial charge in [-0.05, 0) is 50.2 Å². The number of hydrogen-bond donors (Lipinski definition) is 0. The molecule has 7 nitrogen and oxygen atoms in total. The van der Waals surface area contributed by atoms with Crippen LogP contribution in [0.2, 0.25) is 0 Å². The molecule has 1 aromatic heterocycles. The van der Waals surface area contributed by atoms with E-state index in [-0.39, 0.29) is 11.8 Å². The first kappa shape index (κ1) is 16.0. The second-order valence-electron chi connectivity index (χ2n) is 7.23. The second kappa shape index (κ2) is 6.07. The van der Waals surface area contributed by atoms with Gasteiger partial charge in [-0.2, -0.15) is 0 Å². The number of carbonyl (C=O) groups excluding carboxylic acids is 2. The van der Waals surface area contributed by atoms with E-state index in [0.29, 0.717) is 37.5 Å². The molecule has 1 saturated carbocycles. The van der Waals surface area contributed by atoms with Gasteiger partial charge in [-0.1, -0.05) is 4.49 Å². The van der Waals surface area contributed by atoms with Crippen LogP contribution < -0.4 is 0 Å². The van der Waals surface area contributed by atoms with E-state index in [0.717, 1.165) is 19.6 Å². The molecular weight excluding hydrogens is 326 g/mol. The van der Waals surface area contributed by atoms with Gasteiger partial charge in [-0.15, -0.1) is 5.10 Å². The first-order chi connectivity index (χ1) is 11.6. The Hall–Kier alpha value is -1.54. The molecule has 1 aromatic rings. The maximum Gasteiger partial charge on any atom is 0.275 e. The van der Waals surface area contributed by atoms with Crippen molar-refractivity contribution >= 4 is 23.3 Å². The molecule has 1 spiro atoms. The molecule has 8 heteroatoms. The fourth-order valence-corrected chi connectivity index (χ4v) is 4.36. The lowest BCUT2D eigenvalue weighted by molar-refractivity contribution is -0.154. The van der Waals surface area contributed by atoms with Gasteiger partial charge >= 0.3 is 0 Å². The summed E-state index contributed by atoms with van der Waals surface area (Å²) < 4.78 is 3.76. The zero-order valence-corrected chi connectivity index (χ0v) is 14.8. The quantitative estimate of drug-likeness (QED) is 0.803. The van der Waals surface area contributed by atoms with E-state index in [4.69, 9.17) is 0 Å². The third-order valence-electron chi connectivity index (χ3n) is 5.75. The number of rotatable bonds is 3. The maximum absolute atomic E-state index is 13.1. The largest absolute Gasteiger partial charge is 0.340 e. The lowest BCUT2D eigenvalue weighted by Crippen LogP contribution is -2.68. The van der Waals surface area contributed by atoms with Crippen molar-refractivity contribution in [2.45, 2.75) is 31.2 Å². The molecule has 3 aliphatic rings. The molecule has 2 amide bonds. The number of nitrogens with zero attached hydrogens (tertiary/aromatic N) is 5. The average molecular weight is 349 g/mol. The van der Waals surface area contributed by atoms with Crippen LogP contribution in [0.15, 0.2) is 5.38 Å². The topological polar surface area (TPSA) is 69.6 Å². The van der Waals surface area contributed by atoms with Gasteiger partial charge in [0.1, 0.15) is 5.54 Å². The number of aromatic nitrogens is 2. The number of hydrogen-bond acceptors (Lipinski definition) is 6. The normalized spacial score (nSPS) is 24.6. The number of carbonyl (C=O) groups is 2. The molecular formula is C16H23N5O2S. The summed E-state index contributed by atoms with van der Waals surface area (Å²) in [5, 5.41) is 5.55. The van der Waals surface area contributed by atoms with Crippen LogP contribution in [-0.2, 0) is 4.79 Å². The minimum Gasteiger partial charge on any atom is -0.340 e. The molecule has 0 unspecified atom stereocenters. The molecule has 3 fully saturated rings. The summed E-state index contributed by atoms with van der Waals surface area (Å²) in [6.45, 7) is 3.87. The van der Waals surface area contributed by atoms with Crippen LogP contribution >= 0.6 is 11.5 Å². The molecule has 1 aliphatic carbocycles. The van der Waals surface area contributed by atoms with E-state index < -0.39 is 5.54 Å². The standard InChI is InChI=1S/C16H23N5O2S/c1-19-8-9-21(10-12-2-3-12)15(23)16(19)4-6-20(7-5-16)14(22)13-11-24-18-17-13/h11-12H,2-10H2,1H3. The van der Waals surface area contributed by atoms with Crippen molar-refractivity contribution in [1.82, 2.24) is 24.3 Å². The molecule has 0 N–H and O–H groups in total. The smallest absolute Gasteiger partial charge is 0.275 e. The Balaban J connectivity index is 1.45. The minimum atomic E-state index is -0.426. The summed E-state index contributed by atoms with van der Waals surface area (Å²) in [4.78, 5) is 31.7. The van der Waals surface area contributed by atoms with Crippen LogP contribution in [0.3, 0.4) is 0 Å². The number of likely N-dealkylation sites (N-methyl/N-ethyl adjacent to an activating group) is 1. The predicted octanol–water partition coefficient (Wildman–Crippen LogP) is 0.697. The Labute approximate surface area is 145 Å². The molecule has 0 radical (unpaired) electrons. The summed E-state index contributed by atoms with van der Waals surface area (Å²) in [5.41, 5.74) is -0.0146. The van der Waals surface area contributed by atoms with E-state index in [9.17, 15) is 9.59 Å². The zero-order chi connectivity index (χ0) is 16.7. The molecule has 4 rings (SSSR count). The van der Waals surface area contributed by atoms with Crippen LogP contribution in [0.25, 0.3) is 0 Å². The average Bonchev–Trinajstić information content (AvgIpc) is 3.25.